The Morgan fingerprint density at radius 1 is 1.32 bits per heavy atom. The molecule has 0 aliphatic carbocycles. The first-order chi connectivity index (χ1) is 9.01. The van der Waals surface area contributed by atoms with E-state index in [2.05, 4.69) is 39.8 Å². The van der Waals surface area contributed by atoms with E-state index in [9.17, 15) is 4.79 Å². The van der Waals surface area contributed by atoms with Gasteiger partial charge in [0.15, 0.2) is 0 Å². The standard InChI is InChI=1S/C13H23N5O/c1-9(2)8-16-13(19)5-6-15-12-7-11(14-4)17-10(3)18-12/h7,9H,5-6,8H2,1-4H3,(H,16,19)(H2,14,15,17,18). The van der Waals surface area contributed by atoms with E-state index in [0.717, 1.165) is 18.2 Å². The first-order valence-corrected chi connectivity index (χ1v) is 6.55. The lowest BCUT2D eigenvalue weighted by atomic mass is 10.2. The number of amides is 1. The molecule has 1 aromatic heterocycles. The first-order valence-electron chi connectivity index (χ1n) is 6.55. The van der Waals surface area contributed by atoms with Gasteiger partial charge in [-0.3, -0.25) is 4.79 Å². The average Bonchev–Trinajstić information content (AvgIpc) is 2.35. The number of aromatic nitrogens is 2. The topological polar surface area (TPSA) is 78.9 Å². The summed E-state index contributed by atoms with van der Waals surface area (Å²) in [6.45, 7) is 7.25. The van der Waals surface area contributed by atoms with Gasteiger partial charge in [-0.05, 0) is 12.8 Å². The predicted molar refractivity (Wildman–Crippen MR) is 77.3 cm³/mol. The maximum atomic E-state index is 11.5. The Morgan fingerprint density at radius 3 is 2.63 bits per heavy atom. The average molecular weight is 265 g/mol. The van der Waals surface area contributed by atoms with E-state index < -0.39 is 0 Å². The smallest absolute Gasteiger partial charge is 0.221 e. The number of hydrogen-bond acceptors (Lipinski definition) is 5. The van der Waals surface area contributed by atoms with Gasteiger partial charge in [0, 0.05) is 32.6 Å². The molecule has 0 bridgehead atoms. The van der Waals surface area contributed by atoms with Crippen LogP contribution in [0.15, 0.2) is 6.07 Å². The SMILES string of the molecule is CNc1cc(NCCC(=O)NCC(C)C)nc(C)n1. The Balaban J connectivity index is 2.36. The van der Waals surface area contributed by atoms with Crippen LogP contribution in [0.1, 0.15) is 26.1 Å². The highest BCUT2D eigenvalue weighted by Crippen LogP contribution is 2.09. The molecular weight excluding hydrogens is 242 g/mol. The van der Waals surface area contributed by atoms with Gasteiger partial charge in [0.25, 0.3) is 0 Å². The Morgan fingerprint density at radius 2 is 2.00 bits per heavy atom. The summed E-state index contributed by atoms with van der Waals surface area (Å²) in [6.07, 6.45) is 0.435. The maximum Gasteiger partial charge on any atom is 0.221 e. The van der Waals surface area contributed by atoms with E-state index in [4.69, 9.17) is 0 Å². The number of hydrogen-bond donors (Lipinski definition) is 3. The monoisotopic (exact) mass is 265 g/mol. The molecule has 0 saturated heterocycles. The Labute approximate surface area is 114 Å². The number of nitrogens with one attached hydrogen (secondary N) is 3. The van der Waals surface area contributed by atoms with Crippen molar-refractivity contribution < 1.29 is 4.79 Å². The van der Waals surface area contributed by atoms with Crippen LogP contribution in [0.4, 0.5) is 11.6 Å². The zero-order valence-corrected chi connectivity index (χ0v) is 12.1. The second kappa shape index (κ2) is 7.56. The molecule has 0 aromatic carbocycles. The van der Waals surface area contributed by atoms with Crippen LogP contribution in [-0.4, -0.2) is 36.0 Å². The van der Waals surface area contributed by atoms with Crippen LogP contribution in [0.25, 0.3) is 0 Å². The molecule has 19 heavy (non-hydrogen) atoms. The lowest BCUT2D eigenvalue weighted by Crippen LogP contribution is -2.28. The maximum absolute atomic E-state index is 11.5. The van der Waals surface area contributed by atoms with Crippen molar-refractivity contribution in [2.75, 3.05) is 30.8 Å². The molecule has 3 N–H and O–H groups in total. The third kappa shape index (κ3) is 6.03. The molecule has 106 valence electrons. The summed E-state index contributed by atoms with van der Waals surface area (Å²) in [6, 6.07) is 1.82. The van der Waals surface area contributed by atoms with Crippen molar-refractivity contribution in [3.05, 3.63) is 11.9 Å². The highest BCUT2D eigenvalue weighted by atomic mass is 16.1. The van der Waals surface area contributed by atoms with Gasteiger partial charge in [-0.1, -0.05) is 13.8 Å². The first kappa shape index (κ1) is 15.2. The number of aryl methyl sites for hydroxylation is 1. The molecule has 1 aromatic rings. The zero-order chi connectivity index (χ0) is 14.3. The fourth-order valence-corrected chi connectivity index (χ4v) is 1.50. The number of nitrogens with zero attached hydrogens (tertiary/aromatic N) is 2. The van der Waals surface area contributed by atoms with E-state index in [-0.39, 0.29) is 5.91 Å². The number of anilines is 2. The lowest BCUT2D eigenvalue weighted by molar-refractivity contribution is -0.120. The third-order valence-electron chi connectivity index (χ3n) is 2.46. The van der Waals surface area contributed by atoms with Gasteiger partial charge in [-0.15, -0.1) is 0 Å². The van der Waals surface area contributed by atoms with Crippen LogP contribution in [0.3, 0.4) is 0 Å². The normalized spacial score (nSPS) is 10.4. The fraction of sp³-hybridized carbons (Fsp3) is 0.615. The van der Waals surface area contributed by atoms with Crippen molar-refractivity contribution in [2.45, 2.75) is 27.2 Å². The van der Waals surface area contributed by atoms with E-state index in [1.807, 2.05) is 20.0 Å². The summed E-state index contributed by atoms with van der Waals surface area (Å²) in [5, 5.41) is 8.97. The number of carbonyl (C=O) groups excluding carboxylic acids is 1. The van der Waals surface area contributed by atoms with E-state index in [1.54, 1.807) is 0 Å². The van der Waals surface area contributed by atoms with Crippen molar-refractivity contribution in [3.63, 3.8) is 0 Å². The third-order valence-corrected chi connectivity index (χ3v) is 2.46. The van der Waals surface area contributed by atoms with Gasteiger partial charge in [-0.25, -0.2) is 9.97 Å². The lowest BCUT2D eigenvalue weighted by Gasteiger charge is -2.09. The van der Waals surface area contributed by atoms with Gasteiger partial charge in [0.2, 0.25) is 5.91 Å². The van der Waals surface area contributed by atoms with Crippen LogP contribution in [0, 0.1) is 12.8 Å². The van der Waals surface area contributed by atoms with E-state index >= 15 is 0 Å². The molecule has 0 aliphatic rings. The molecule has 6 nitrogen and oxygen atoms in total. The van der Waals surface area contributed by atoms with Crippen molar-refractivity contribution in [3.8, 4) is 0 Å². The van der Waals surface area contributed by atoms with Gasteiger partial charge in [0.05, 0.1) is 0 Å². The fourth-order valence-electron chi connectivity index (χ4n) is 1.50. The molecule has 1 amide bonds. The molecule has 1 heterocycles. The van der Waals surface area contributed by atoms with Crippen LogP contribution < -0.4 is 16.0 Å². The molecule has 0 aliphatic heterocycles. The minimum atomic E-state index is 0.0563. The van der Waals surface area contributed by atoms with Crippen LogP contribution in [0.2, 0.25) is 0 Å². The molecule has 0 saturated carbocycles. The van der Waals surface area contributed by atoms with Gasteiger partial charge in [-0.2, -0.15) is 0 Å². The van der Waals surface area contributed by atoms with Gasteiger partial charge < -0.3 is 16.0 Å². The quantitative estimate of drug-likeness (QED) is 0.694. The molecule has 0 spiro atoms. The van der Waals surface area contributed by atoms with Crippen molar-refractivity contribution in [1.29, 1.82) is 0 Å². The summed E-state index contributed by atoms with van der Waals surface area (Å²) in [5.74, 6) is 2.71. The number of carbonyl (C=O) groups is 1. The molecular formula is C13H23N5O. The predicted octanol–water partition coefficient (Wildman–Crippen LogP) is 1.40. The van der Waals surface area contributed by atoms with E-state index in [0.29, 0.717) is 24.7 Å². The van der Waals surface area contributed by atoms with Crippen molar-refractivity contribution >= 4 is 17.5 Å². The summed E-state index contributed by atoms with van der Waals surface area (Å²) in [5.41, 5.74) is 0. The Kier molecular flexibility index (Phi) is 6.05. The van der Waals surface area contributed by atoms with Gasteiger partial charge in [0.1, 0.15) is 17.5 Å². The second-order valence-corrected chi connectivity index (χ2v) is 4.81. The summed E-state index contributed by atoms with van der Waals surface area (Å²) >= 11 is 0. The van der Waals surface area contributed by atoms with Gasteiger partial charge >= 0.3 is 0 Å². The summed E-state index contributed by atoms with van der Waals surface area (Å²) in [4.78, 5) is 20.0. The molecule has 6 heteroatoms. The molecule has 0 unspecified atom stereocenters. The minimum absolute atomic E-state index is 0.0563. The zero-order valence-electron chi connectivity index (χ0n) is 12.1. The highest BCUT2D eigenvalue weighted by molar-refractivity contribution is 5.76. The van der Waals surface area contributed by atoms with E-state index in [1.165, 1.54) is 0 Å². The summed E-state index contributed by atoms with van der Waals surface area (Å²) in [7, 11) is 1.81. The van der Waals surface area contributed by atoms with Crippen molar-refractivity contribution in [2.24, 2.45) is 5.92 Å². The van der Waals surface area contributed by atoms with Crippen LogP contribution in [0.5, 0.6) is 0 Å². The highest BCUT2D eigenvalue weighted by Gasteiger charge is 2.04. The molecule has 0 radical (unpaired) electrons. The largest absolute Gasteiger partial charge is 0.373 e. The number of rotatable bonds is 7. The summed E-state index contributed by atoms with van der Waals surface area (Å²) < 4.78 is 0. The van der Waals surface area contributed by atoms with Crippen molar-refractivity contribution in [1.82, 2.24) is 15.3 Å². The molecule has 1 rings (SSSR count). The second-order valence-electron chi connectivity index (χ2n) is 4.81. The molecule has 0 fully saturated rings. The Bertz CT molecular complexity index is 419. The Hall–Kier alpha value is -1.85. The minimum Gasteiger partial charge on any atom is -0.373 e. The van der Waals surface area contributed by atoms with Crippen LogP contribution in [-0.2, 0) is 4.79 Å². The molecule has 0 atom stereocenters. The van der Waals surface area contributed by atoms with Crippen LogP contribution >= 0.6 is 0 Å².